The lowest BCUT2D eigenvalue weighted by molar-refractivity contribution is 0.262. The Morgan fingerprint density at radius 1 is 0.852 bits per heavy atom. The molecule has 1 N–H and O–H groups in total. The highest BCUT2D eigenvalue weighted by atomic mass is 15.3. The van der Waals surface area contributed by atoms with Gasteiger partial charge in [0, 0.05) is 39.3 Å². The number of hydrogen-bond acceptors (Lipinski definition) is 5. The lowest BCUT2D eigenvalue weighted by Gasteiger charge is -2.22. The molecule has 2 rings (SSSR count). The molecule has 2 aliphatic rings. The summed E-state index contributed by atoms with van der Waals surface area (Å²) in [4.78, 5) is 10.2. The van der Waals surface area contributed by atoms with Crippen molar-refractivity contribution in [2.45, 2.75) is 46.0 Å². The first-order chi connectivity index (χ1) is 13.2. The molecule has 0 aromatic rings. The number of rotatable bonds is 19. The topological polar surface area (TPSA) is 24.5 Å². The van der Waals surface area contributed by atoms with Crippen molar-refractivity contribution < 1.29 is 0 Å². The van der Waals surface area contributed by atoms with Gasteiger partial charge in [0.25, 0.3) is 0 Å². The Labute approximate surface area is 169 Å². The van der Waals surface area contributed by atoms with Crippen LogP contribution in [0.15, 0.2) is 0 Å². The SMILES string of the molecule is CCN(CCCCN(C)CCCN1CC1)CCNCC(C)CCCN1CC1. The molecule has 0 spiro atoms. The van der Waals surface area contributed by atoms with Gasteiger partial charge in [-0.05, 0) is 90.9 Å². The normalized spacial score (nSPS) is 18.6. The predicted molar refractivity (Wildman–Crippen MR) is 118 cm³/mol. The molecular weight excluding hydrogens is 334 g/mol. The van der Waals surface area contributed by atoms with E-state index in [1.54, 1.807) is 0 Å². The molecule has 0 radical (unpaired) electrons. The largest absolute Gasteiger partial charge is 0.315 e. The van der Waals surface area contributed by atoms with Gasteiger partial charge < -0.3 is 24.9 Å². The Morgan fingerprint density at radius 2 is 1.48 bits per heavy atom. The molecule has 2 aliphatic heterocycles. The molecule has 5 nitrogen and oxygen atoms in total. The lowest BCUT2D eigenvalue weighted by Crippen LogP contribution is -2.34. The Balaban J connectivity index is 1.36. The van der Waals surface area contributed by atoms with E-state index < -0.39 is 0 Å². The molecule has 0 aromatic carbocycles. The molecule has 0 aliphatic carbocycles. The van der Waals surface area contributed by atoms with Gasteiger partial charge in [-0.1, -0.05) is 13.8 Å². The van der Waals surface area contributed by atoms with Gasteiger partial charge in [0.05, 0.1) is 0 Å². The van der Waals surface area contributed by atoms with Crippen LogP contribution in [0, 0.1) is 5.92 Å². The van der Waals surface area contributed by atoms with E-state index in [-0.39, 0.29) is 0 Å². The molecule has 0 bridgehead atoms. The quantitative estimate of drug-likeness (QED) is 0.273. The van der Waals surface area contributed by atoms with Gasteiger partial charge in [0.15, 0.2) is 0 Å². The van der Waals surface area contributed by atoms with Crippen LogP contribution in [0.2, 0.25) is 0 Å². The van der Waals surface area contributed by atoms with Gasteiger partial charge in [0.1, 0.15) is 0 Å². The molecule has 0 amide bonds. The van der Waals surface area contributed by atoms with E-state index in [1.165, 1.54) is 111 Å². The minimum absolute atomic E-state index is 0.812. The number of nitrogens with one attached hydrogen (secondary N) is 1. The summed E-state index contributed by atoms with van der Waals surface area (Å²) in [6, 6.07) is 0. The average Bonchev–Trinajstić information content (AvgIpc) is 3.55. The van der Waals surface area contributed by atoms with Gasteiger partial charge in [-0.25, -0.2) is 0 Å². The Morgan fingerprint density at radius 3 is 2.15 bits per heavy atom. The molecule has 0 saturated carbocycles. The molecule has 2 saturated heterocycles. The average molecular weight is 382 g/mol. The van der Waals surface area contributed by atoms with Crippen LogP contribution in [0.3, 0.4) is 0 Å². The van der Waals surface area contributed by atoms with Crippen LogP contribution in [0.5, 0.6) is 0 Å². The maximum absolute atomic E-state index is 3.68. The standard InChI is InChI=1S/C22H47N5/c1-4-25(13-6-5-11-24(3)12-8-15-27-19-20-27)16-10-23-21-22(2)9-7-14-26-17-18-26/h22-23H,4-21H2,1-3H3. The summed E-state index contributed by atoms with van der Waals surface area (Å²) >= 11 is 0. The summed E-state index contributed by atoms with van der Waals surface area (Å²) < 4.78 is 0. The summed E-state index contributed by atoms with van der Waals surface area (Å²) in [6.07, 6.45) is 6.73. The van der Waals surface area contributed by atoms with Gasteiger partial charge >= 0.3 is 0 Å². The second-order valence-electron chi connectivity index (χ2n) is 8.93. The molecular formula is C22H47N5. The minimum Gasteiger partial charge on any atom is -0.315 e. The van der Waals surface area contributed by atoms with E-state index in [9.17, 15) is 0 Å². The Bertz CT molecular complexity index is 325. The number of likely N-dealkylation sites (N-methyl/N-ethyl adjacent to an activating group) is 1. The third kappa shape index (κ3) is 12.8. The van der Waals surface area contributed by atoms with E-state index in [0.29, 0.717) is 0 Å². The van der Waals surface area contributed by atoms with Crippen LogP contribution in [0.4, 0.5) is 0 Å². The highest BCUT2D eigenvalue weighted by Crippen LogP contribution is 2.09. The first-order valence-corrected chi connectivity index (χ1v) is 11.7. The molecule has 1 atom stereocenters. The van der Waals surface area contributed by atoms with Crippen molar-refractivity contribution in [3.05, 3.63) is 0 Å². The van der Waals surface area contributed by atoms with E-state index in [0.717, 1.165) is 12.5 Å². The number of nitrogens with zero attached hydrogens (tertiary/aromatic N) is 4. The van der Waals surface area contributed by atoms with Crippen molar-refractivity contribution in [1.29, 1.82) is 0 Å². The number of hydrogen-bond donors (Lipinski definition) is 1. The third-order valence-corrected chi connectivity index (χ3v) is 6.07. The smallest absolute Gasteiger partial charge is 0.0110 e. The van der Waals surface area contributed by atoms with Crippen LogP contribution in [0.25, 0.3) is 0 Å². The van der Waals surface area contributed by atoms with E-state index in [2.05, 4.69) is 45.8 Å². The van der Waals surface area contributed by atoms with Crippen LogP contribution in [-0.2, 0) is 0 Å². The van der Waals surface area contributed by atoms with Gasteiger partial charge in [-0.2, -0.15) is 0 Å². The van der Waals surface area contributed by atoms with Crippen LogP contribution in [0.1, 0.15) is 46.0 Å². The maximum Gasteiger partial charge on any atom is 0.0110 e. The summed E-state index contributed by atoms with van der Waals surface area (Å²) in [5, 5.41) is 3.68. The molecule has 0 aromatic heterocycles. The summed E-state index contributed by atoms with van der Waals surface area (Å²) in [7, 11) is 2.28. The zero-order chi connectivity index (χ0) is 19.3. The maximum atomic E-state index is 3.68. The zero-order valence-electron chi connectivity index (χ0n) is 18.6. The Kier molecular flexibility index (Phi) is 11.9. The first kappa shape index (κ1) is 23.1. The minimum atomic E-state index is 0.812. The fourth-order valence-corrected chi connectivity index (χ4v) is 3.76. The van der Waals surface area contributed by atoms with Crippen molar-refractivity contribution in [3.8, 4) is 0 Å². The monoisotopic (exact) mass is 381 g/mol. The van der Waals surface area contributed by atoms with E-state index >= 15 is 0 Å². The van der Waals surface area contributed by atoms with E-state index in [1.807, 2.05) is 0 Å². The van der Waals surface area contributed by atoms with Crippen LogP contribution in [-0.4, -0.2) is 112 Å². The second-order valence-corrected chi connectivity index (χ2v) is 8.93. The van der Waals surface area contributed by atoms with Gasteiger partial charge in [0.2, 0.25) is 0 Å². The molecule has 1 unspecified atom stereocenters. The van der Waals surface area contributed by atoms with Gasteiger partial charge in [-0.3, -0.25) is 0 Å². The highest BCUT2D eigenvalue weighted by molar-refractivity contribution is 4.73. The van der Waals surface area contributed by atoms with Crippen molar-refractivity contribution in [2.24, 2.45) is 5.92 Å². The summed E-state index contributed by atoms with van der Waals surface area (Å²) in [5.74, 6) is 0.812. The molecule has 27 heavy (non-hydrogen) atoms. The van der Waals surface area contributed by atoms with Crippen LogP contribution < -0.4 is 5.32 Å². The zero-order valence-corrected chi connectivity index (χ0v) is 18.6. The third-order valence-electron chi connectivity index (χ3n) is 6.07. The van der Waals surface area contributed by atoms with Crippen molar-refractivity contribution in [2.75, 3.05) is 92.1 Å². The Hall–Kier alpha value is -0.200. The first-order valence-electron chi connectivity index (χ1n) is 11.7. The fourth-order valence-electron chi connectivity index (χ4n) is 3.76. The summed E-state index contributed by atoms with van der Waals surface area (Å²) in [5.41, 5.74) is 0. The van der Waals surface area contributed by atoms with Crippen molar-refractivity contribution in [1.82, 2.24) is 24.9 Å². The predicted octanol–water partition coefficient (Wildman–Crippen LogP) is 2.05. The number of unbranched alkanes of at least 4 members (excludes halogenated alkanes) is 1. The van der Waals surface area contributed by atoms with Crippen molar-refractivity contribution >= 4 is 0 Å². The highest BCUT2D eigenvalue weighted by Gasteiger charge is 2.16. The van der Waals surface area contributed by atoms with Crippen molar-refractivity contribution in [3.63, 3.8) is 0 Å². The molecule has 5 heteroatoms. The molecule has 2 heterocycles. The molecule has 2 fully saturated rings. The fraction of sp³-hybridized carbons (Fsp3) is 1.00. The lowest BCUT2D eigenvalue weighted by atomic mass is 10.1. The molecule has 160 valence electrons. The summed E-state index contributed by atoms with van der Waals surface area (Å²) in [6.45, 7) is 21.1. The van der Waals surface area contributed by atoms with Gasteiger partial charge in [-0.15, -0.1) is 0 Å². The van der Waals surface area contributed by atoms with E-state index in [4.69, 9.17) is 0 Å². The van der Waals surface area contributed by atoms with Crippen LogP contribution >= 0.6 is 0 Å². The second kappa shape index (κ2) is 13.9.